The first-order chi connectivity index (χ1) is 13.0. The Morgan fingerprint density at radius 3 is 2.89 bits per heavy atom. The lowest BCUT2D eigenvalue weighted by molar-refractivity contribution is -0.239. The van der Waals surface area contributed by atoms with Crippen molar-refractivity contribution in [1.29, 1.82) is 0 Å². The zero-order valence-corrected chi connectivity index (χ0v) is 15.5. The van der Waals surface area contributed by atoms with Crippen LogP contribution in [0.1, 0.15) is 37.4 Å². The molecule has 4 nitrogen and oxygen atoms in total. The number of fused-ring (bicyclic) bond motifs is 3. The first-order valence-electron chi connectivity index (χ1n) is 9.53. The third-order valence-electron chi connectivity index (χ3n) is 6.40. The molecule has 1 aromatic carbocycles. The maximum absolute atomic E-state index is 13.3. The molecule has 0 radical (unpaired) electrons. The molecule has 2 aromatic rings. The summed E-state index contributed by atoms with van der Waals surface area (Å²) in [6.45, 7) is 6.68. The second-order valence-electron chi connectivity index (χ2n) is 7.93. The van der Waals surface area contributed by atoms with Crippen LogP contribution in [0.25, 0.3) is 11.8 Å². The molecule has 0 amide bonds. The molecule has 140 valence electrons. The highest BCUT2D eigenvalue weighted by atomic mass is 19.1. The van der Waals surface area contributed by atoms with Gasteiger partial charge in [-0.2, -0.15) is 5.10 Å². The summed E-state index contributed by atoms with van der Waals surface area (Å²) in [7, 11) is 0. The predicted octanol–water partition coefficient (Wildman–Crippen LogP) is 4.44. The molecule has 2 aliphatic carbocycles. The van der Waals surface area contributed by atoms with E-state index in [1.165, 1.54) is 23.3 Å². The van der Waals surface area contributed by atoms with E-state index >= 15 is 0 Å². The van der Waals surface area contributed by atoms with Crippen LogP contribution in [-0.2, 0) is 15.9 Å². The number of halogens is 1. The van der Waals surface area contributed by atoms with Gasteiger partial charge in [-0.1, -0.05) is 18.6 Å². The van der Waals surface area contributed by atoms with Gasteiger partial charge in [-0.25, -0.2) is 9.07 Å². The molecule has 5 rings (SSSR count). The topological polar surface area (TPSA) is 36.3 Å². The summed E-state index contributed by atoms with van der Waals surface area (Å²) in [6.07, 6.45) is 9.71. The van der Waals surface area contributed by atoms with Crippen molar-refractivity contribution in [3.05, 3.63) is 65.8 Å². The Morgan fingerprint density at radius 1 is 1.33 bits per heavy atom. The van der Waals surface area contributed by atoms with E-state index in [0.717, 1.165) is 37.1 Å². The second kappa shape index (κ2) is 5.88. The average molecular weight is 366 g/mol. The number of hydrogen-bond acceptors (Lipinski definition) is 3. The third-order valence-corrected chi connectivity index (χ3v) is 6.40. The Hall–Kier alpha value is -2.24. The maximum Gasteiger partial charge on any atom is 0.178 e. The summed E-state index contributed by atoms with van der Waals surface area (Å²) in [4.78, 5) is 0. The molecule has 0 bridgehead atoms. The number of ether oxygens (including phenoxy) is 2. The van der Waals surface area contributed by atoms with Gasteiger partial charge in [0.2, 0.25) is 0 Å². The van der Waals surface area contributed by atoms with Gasteiger partial charge in [0.15, 0.2) is 5.79 Å². The standard InChI is InChI=1S/C22H23FN2O2/c1-3-19-14-26-22(27-19)10-4-5-16-11-20-15(12-21(16,22)2)13-24-25(20)18-8-6-17(23)7-9-18/h3,6-9,11,13,19H,1,4-5,10,12,14H2,2H3/t19-,21-,22+/m0/s1. The summed E-state index contributed by atoms with van der Waals surface area (Å²) >= 11 is 0. The summed E-state index contributed by atoms with van der Waals surface area (Å²) in [5.74, 6) is -0.835. The van der Waals surface area contributed by atoms with Gasteiger partial charge in [0.1, 0.15) is 11.9 Å². The monoisotopic (exact) mass is 366 g/mol. The Labute approximate surface area is 158 Å². The number of nitrogens with zero attached hydrogens (tertiary/aromatic N) is 2. The zero-order valence-electron chi connectivity index (χ0n) is 15.5. The lowest BCUT2D eigenvalue weighted by atomic mass is 9.62. The van der Waals surface area contributed by atoms with Crippen molar-refractivity contribution in [2.45, 2.75) is 44.5 Å². The van der Waals surface area contributed by atoms with E-state index in [1.54, 1.807) is 12.1 Å². The minimum Gasteiger partial charge on any atom is -0.346 e. The average Bonchev–Trinajstić information content (AvgIpc) is 3.27. The van der Waals surface area contributed by atoms with Crippen LogP contribution in [0, 0.1) is 11.2 Å². The molecular formula is C22H23FN2O2. The first kappa shape index (κ1) is 16.9. The van der Waals surface area contributed by atoms with Gasteiger partial charge in [-0.15, -0.1) is 6.58 Å². The van der Waals surface area contributed by atoms with Gasteiger partial charge >= 0.3 is 0 Å². The largest absolute Gasteiger partial charge is 0.346 e. The Kier molecular flexibility index (Phi) is 3.68. The molecule has 1 saturated heterocycles. The van der Waals surface area contributed by atoms with Gasteiger partial charge in [0.05, 0.1) is 24.2 Å². The van der Waals surface area contributed by atoms with E-state index in [1.807, 2.05) is 17.0 Å². The lowest BCUT2D eigenvalue weighted by Crippen LogP contribution is -2.53. The third kappa shape index (κ3) is 2.38. The second-order valence-corrected chi connectivity index (χ2v) is 7.93. The Bertz CT molecular complexity index is 932. The summed E-state index contributed by atoms with van der Waals surface area (Å²) < 4.78 is 27.8. The lowest BCUT2D eigenvalue weighted by Gasteiger charge is -2.51. The summed E-state index contributed by atoms with van der Waals surface area (Å²) in [5, 5.41) is 4.58. The Morgan fingerprint density at radius 2 is 2.15 bits per heavy atom. The molecule has 1 spiro atoms. The van der Waals surface area contributed by atoms with Crippen LogP contribution in [0.2, 0.25) is 0 Å². The number of rotatable bonds is 2. The molecule has 27 heavy (non-hydrogen) atoms. The molecule has 3 aliphatic rings. The summed E-state index contributed by atoms with van der Waals surface area (Å²) in [5.41, 5.74) is 4.23. The van der Waals surface area contributed by atoms with Crippen molar-refractivity contribution >= 4 is 6.08 Å². The molecule has 1 aliphatic heterocycles. The minimum atomic E-state index is -0.592. The fourth-order valence-corrected chi connectivity index (χ4v) is 4.87. The van der Waals surface area contributed by atoms with Crippen LogP contribution >= 0.6 is 0 Å². The minimum absolute atomic E-state index is 0.0514. The fraction of sp³-hybridized carbons (Fsp3) is 0.409. The first-order valence-corrected chi connectivity index (χ1v) is 9.53. The maximum atomic E-state index is 13.3. The van der Waals surface area contributed by atoms with E-state index in [9.17, 15) is 4.39 Å². The van der Waals surface area contributed by atoms with Crippen LogP contribution < -0.4 is 0 Å². The van der Waals surface area contributed by atoms with Gasteiger partial charge < -0.3 is 9.47 Å². The van der Waals surface area contributed by atoms with Gasteiger partial charge in [0.25, 0.3) is 0 Å². The zero-order chi connectivity index (χ0) is 18.6. The normalized spacial score (nSPS) is 32.1. The summed E-state index contributed by atoms with van der Waals surface area (Å²) in [6, 6.07) is 6.45. The van der Waals surface area contributed by atoms with Gasteiger partial charge in [-0.3, -0.25) is 0 Å². The highest BCUT2D eigenvalue weighted by Gasteiger charge is 2.59. The number of hydrogen-bond donors (Lipinski definition) is 0. The highest BCUT2D eigenvalue weighted by Crippen LogP contribution is 2.57. The number of aromatic nitrogens is 2. The van der Waals surface area contributed by atoms with Crippen LogP contribution in [0.3, 0.4) is 0 Å². The van der Waals surface area contributed by atoms with E-state index in [4.69, 9.17) is 9.47 Å². The Balaban J connectivity index is 1.57. The molecule has 5 heteroatoms. The fourth-order valence-electron chi connectivity index (χ4n) is 4.87. The van der Waals surface area contributed by atoms with Crippen LogP contribution in [0.15, 0.2) is 48.7 Å². The van der Waals surface area contributed by atoms with Crippen LogP contribution in [0.4, 0.5) is 4.39 Å². The van der Waals surface area contributed by atoms with Crippen molar-refractivity contribution in [1.82, 2.24) is 9.78 Å². The van der Waals surface area contributed by atoms with Crippen molar-refractivity contribution in [3.8, 4) is 5.69 Å². The molecule has 3 atom stereocenters. The quantitative estimate of drug-likeness (QED) is 0.738. The molecule has 1 aromatic heterocycles. The molecule has 1 saturated carbocycles. The number of benzene rings is 1. The van der Waals surface area contributed by atoms with Crippen LogP contribution in [-0.4, -0.2) is 28.3 Å². The van der Waals surface area contributed by atoms with Crippen molar-refractivity contribution in [2.75, 3.05) is 6.61 Å². The molecule has 0 unspecified atom stereocenters. The van der Waals surface area contributed by atoms with Crippen molar-refractivity contribution in [3.63, 3.8) is 0 Å². The smallest absolute Gasteiger partial charge is 0.178 e. The van der Waals surface area contributed by atoms with Crippen molar-refractivity contribution < 1.29 is 13.9 Å². The van der Waals surface area contributed by atoms with Crippen LogP contribution in [0.5, 0.6) is 0 Å². The van der Waals surface area contributed by atoms with Crippen molar-refractivity contribution in [2.24, 2.45) is 5.41 Å². The van der Waals surface area contributed by atoms with Gasteiger partial charge in [0, 0.05) is 11.8 Å². The SMILES string of the molecule is C=C[C@H]1CO[C@]2(CCCC3=Cc4c(cnn4-c4ccc(F)cc4)C[C@@]32C)O1. The van der Waals surface area contributed by atoms with E-state index in [-0.39, 0.29) is 17.3 Å². The molecule has 2 heterocycles. The predicted molar refractivity (Wildman–Crippen MR) is 101 cm³/mol. The van der Waals surface area contributed by atoms with E-state index < -0.39 is 5.79 Å². The molecule has 2 fully saturated rings. The highest BCUT2D eigenvalue weighted by molar-refractivity contribution is 5.62. The molecular weight excluding hydrogens is 343 g/mol. The van der Waals surface area contributed by atoms with Gasteiger partial charge in [-0.05, 0) is 55.2 Å². The van der Waals surface area contributed by atoms with E-state index in [2.05, 4.69) is 24.7 Å². The van der Waals surface area contributed by atoms with E-state index in [0.29, 0.717) is 6.61 Å². The molecule has 0 N–H and O–H groups in total.